The molecule has 0 unspecified atom stereocenters. The molecule has 0 bridgehead atoms. The number of hydrogen-bond donors (Lipinski definition) is 1. The molecule has 0 aromatic heterocycles. The molecule has 0 rings (SSSR count). The summed E-state index contributed by atoms with van der Waals surface area (Å²) in [5.74, 6) is -1.29. The van der Waals surface area contributed by atoms with Gasteiger partial charge in [-0.3, -0.25) is 4.79 Å². The number of carboxylic acids is 1. The monoisotopic (exact) mass is 118 g/mol. The van der Waals surface area contributed by atoms with Crippen LogP contribution in [0.4, 0.5) is 0 Å². The van der Waals surface area contributed by atoms with Crippen LogP contribution in [0.1, 0.15) is 0 Å². The molecular formula is C2H4ClNaO2. The Morgan fingerprint density at radius 2 is 2.00 bits per heavy atom. The number of alkyl halides is 1. The van der Waals surface area contributed by atoms with Crippen LogP contribution in [0, 0.1) is 0 Å². The summed E-state index contributed by atoms with van der Waals surface area (Å²) < 4.78 is 0. The molecular weight excluding hydrogens is 114 g/mol. The summed E-state index contributed by atoms with van der Waals surface area (Å²) in [6, 6.07) is 0. The first-order valence-corrected chi connectivity index (χ1v) is 1.58. The van der Waals surface area contributed by atoms with Gasteiger partial charge in [-0.15, -0.1) is 11.6 Å². The summed E-state index contributed by atoms with van der Waals surface area (Å²) in [4.78, 5) is 9.24. The maximum atomic E-state index is 9.24. The molecule has 0 saturated heterocycles. The third kappa shape index (κ3) is 8.83. The van der Waals surface area contributed by atoms with Gasteiger partial charge in [0, 0.05) is 0 Å². The quantitative estimate of drug-likeness (QED) is 0.378. The van der Waals surface area contributed by atoms with Gasteiger partial charge >= 0.3 is 35.5 Å². The van der Waals surface area contributed by atoms with Crippen LogP contribution >= 0.6 is 11.6 Å². The van der Waals surface area contributed by atoms with E-state index in [0.717, 1.165) is 0 Å². The Morgan fingerprint density at radius 3 is 2.00 bits per heavy atom. The fourth-order valence-electron chi connectivity index (χ4n) is 0. The van der Waals surface area contributed by atoms with Crippen molar-refractivity contribution in [3.05, 3.63) is 0 Å². The standard InChI is InChI=1S/C2H3ClO2.Na.H/c3-1-2(4)5;;/h1H2,(H,4,5);;. The molecule has 1 N–H and O–H groups in total. The van der Waals surface area contributed by atoms with E-state index in [1.165, 1.54) is 0 Å². The van der Waals surface area contributed by atoms with Gasteiger partial charge in [0.05, 0.1) is 0 Å². The van der Waals surface area contributed by atoms with Gasteiger partial charge in [0.2, 0.25) is 0 Å². The van der Waals surface area contributed by atoms with Crippen LogP contribution in [-0.4, -0.2) is 46.5 Å². The molecule has 0 aromatic rings. The number of aliphatic carboxylic acids is 1. The van der Waals surface area contributed by atoms with Gasteiger partial charge in [-0.25, -0.2) is 0 Å². The van der Waals surface area contributed by atoms with E-state index in [1.807, 2.05) is 0 Å². The Hall–Kier alpha value is 0.760. The third-order valence-electron chi connectivity index (χ3n) is 0.114. The molecule has 0 atom stereocenters. The van der Waals surface area contributed by atoms with Crippen LogP contribution in [0.2, 0.25) is 0 Å². The van der Waals surface area contributed by atoms with Crippen LogP contribution in [0.3, 0.4) is 0 Å². The number of halogens is 1. The van der Waals surface area contributed by atoms with Gasteiger partial charge in [-0.1, -0.05) is 0 Å². The number of rotatable bonds is 1. The van der Waals surface area contributed by atoms with Crippen LogP contribution in [-0.2, 0) is 4.79 Å². The molecule has 0 amide bonds. The Balaban J connectivity index is 0. The molecule has 6 heavy (non-hydrogen) atoms. The van der Waals surface area contributed by atoms with Gasteiger partial charge in [-0.05, 0) is 0 Å². The zero-order chi connectivity index (χ0) is 4.28. The normalized spacial score (nSPS) is 6.17. The summed E-state index contributed by atoms with van der Waals surface area (Å²) in [6.45, 7) is 0. The number of carboxylic acid groups (broad SMARTS) is 1. The Bertz CT molecular complexity index is 46.8. The van der Waals surface area contributed by atoms with Gasteiger partial charge in [0.25, 0.3) is 0 Å². The molecule has 0 heterocycles. The van der Waals surface area contributed by atoms with Crippen molar-refractivity contribution in [2.75, 3.05) is 5.88 Å². The second-order valence-corrected chi connectivity index (χ2v) is 0.795. The van der Waals surface area contributed by atoms with Crippen molar-refractivity contribution in [1.29, 1.82) is 0 Å². The zero-order valence-electron chi connectivity index (χ0n) is 2.44. The van der Waals surface area contributed by atoms with E-state index in [1.54, 1.807) is 0 Å². The zero-order valence-corrected chi connectivity index (χ0v) is 3.20. The average Bonchev–Trinajstić information content (AvgIpc) is 1.38. The molecule has 32 valence electrons. The first-order valence-electron chi connectivity index (χ1n) is 1.05. The number of carbonyl (C=O) groups is 1. The molecule has 0 aliphatic heterocycles. The fraction of sp³-hybridized carbons (Fsp3) is 0.500. The molecule has 4 heteroatoms. The van der Waals surface area contributed by atoms with Gasteiger partial charge in [0.1, 0.15) is 5.88 Å². The summed E-state index contributed by atoms with van der Waals surface area (Å²) in [5, 5.41) is 7.59. The first kappa shape index (κ1) is 9.90. The van der Waals surface area contributed by atoms with Crippen molar-refractivity contribution in [1.82, 2.24) is 0 Å². The molecule has 0 aliphatic carbocycles. The SMILES string of the molecule is O=C(O)CCl.[NaH]. The molecule has 0 saturated carbocycles. The van der Waals surface area contributed by atoms with E-state index in [0.29, 0.717) is 0 Å². The van der Waals surface area contributed by atoms with Gasteiger partial charge < -0.3 is 5.11 Å². The second kappa shape index (κ2) is 5.76. The van der Waals surface area contributed by atoms with E-state index >= 15 is 0 Å². The Labute approximate surface area is 62.8 Å². The Morgan fingerprint density at radius 1 is 1.83 bits per heavy atom. The molecule has 0 spiro atoms. The number of hydrogen-bond acceptors (Lipinski definition) is 1. The van der Waals surface area contributed by atoms with Crippen LogP contribution < -0.4 is 0 Å². The summed E-state index contributed by atoms with van der Waals surface area (Å²) >= 11 is 4.74. The van der Waals surface area contributed by atoms with Crippen molar-refractivity contribution in [2.45, 2.75) is 0 Å². The van der Waals surface area contributed by atoms with Crippen LogP contribution in [0.5, 0.6) is 0 Å². The van der Waals surface area contributed by atoms with E-state index in [4.69, 9.17) is 16.7 Å². The molecule has 0 aliphatic rings. The predicted molar refractivity (Wildman–Crippen MR) is 25.5 cm³/mol. The third-order valence-corrected chi connectivity index (χ3v) is 0.343. The topological polar surface area (TPSA) is 37.3 Å². The van der Waals surface area contributed by atoms with Crippen molar-refractivity contribution >= 4 is 47.1 Å². The Kier molecular flexibility index (Phi) is 9.50. The van der Waals surface area contributed by atoms with E-state index < -0.39 is 5.97 Å². The van der Waals surface area contributed by atoms with Crippen LogP contribution in [0.15, 0.2) is 0 Å². The first-order chi connectivity index (χ1) is 2.27. The van der Waals surface area contributed by atoms with E-state index in [2.05, 4.69) is 0 Å². The maximum absolute atomic E-state index is 9.24. The van der Waals surface area contributed by atoms with E-state index in [9.17, 15) is 4.79 Å². The van der Waals surface area contributed by atoms with Crippen molar-refractivity contribution < 1.29 is 9.90 Å². The summed E-state index contributed by atoms with van der Waals surface area (Å²) in [5.41, 5.74) is 0. The fourth-order valence-corrected chi connectivity index (χ4v) is 0. The summed E-state index contributed by atoms with van der Waals surface area (Å²) in [6.07, 6.45) is 0. The van der Waals surface area contributed by atoms with Crippen LogP contribution in [0.25, 0.3) is 0 Å². The predicted octanol–water partition coefficient (Wildman–Crippen LogP) is -0.339. The van der Waals surface area contributed by atoms with Gasteiger partial charge in [0.15, 0.2) is 0 Å². The molecule has 0 fully saturated rings. The van der Waals surface area contributed by atoms with E-state index in [-0.39, 0.29) is 35.4 Å². The van der Waals surface area contributed by atoms with Crippen molar-refractivity contribution in [2.24, 2.45) is 0 Å². The minimum atomic E-state index is -0.980. The van der Waals surface area contributed by atoms with Crippen molar-refractivity contribution in [3.8, 4) is 0 Å². The van der Waals surface area contributed by atoms with Crippen molar-refractivity contribution in [3.63, 3.8) is 0 Å². The minimum absolute atomic E-state index is 0. The molecule has 0 radical (unpaired) electrons. The molecule has 2 nitrogen and oxygen atoms in total. The average molecular weight is 118 g/mol. The van der Waals surface area contributed by atoms with Gasteiger partial charge in [-0.2, -0.15) is 0 Å². The summed E-state index contributed by atoms with van der Waals surface area (Å²) in [7, 11) is 0. The molecule has 0 aromatic carbocycles. The second-order valence-electron chi connectivity index (χ2n) is 0.527.